The molecule has 1 N–H and O–H groups in total. The number of aliphatic hydroxyl groups excluding tert-OH is 1. The molecular formula is C58H47FIr3N7O2S-2. The number of hydrogen-bond donors (Lipinski definition) is 1. The molecule has 5 aromatic heterocycles. The van der Waals surface area contributed by atoms with E-state index in [1.165, 1.54) is 42.1 Å². The Morgan fingerprint density at radius 2 is 1.53 bits per heavy atom. The van der Waals surface area contributed by atoms with Gasteiger partial charge in [-0.15, -0.1) is 76.6 Å². The number of halogens is 1. The molecule has 2 radical (unpaired) electrons. The van der Waals surface area contributed by atoms with Crippen LogP contribution in [0.2, 0.25) is 0 Å². The van der Waals surface area contributed by atoms with Crippen molar-refractivity contribution in [1.82, 2.24) is 30.0 Å². The summed E-state index contributed by atoms with van der Waals surface area (Å²) in [4.78, 5) is 27.9. The molecule has 0 saturated heterocycles. The number of benzene rings is 5. The monoisotopic (exact) mass is 1510 g/mol. The van der Waals surface area contributed by atoms with Gasteiger partial charge in [-0.3, -0.25) is 14.2 Å². The molecule has 1 aliphatic rings. The van der Waals surface area contributed by atoms with Crippen molar-refractivity contribution < 1.29 is 81.5 Å². The zero-order chi connectivity index (χ0) is 52.7. The third-order valence-electron chi connectivity index (χ3n) is 9.71. The molecule has 10 aromatic rings. The fraction of sp³-hybridized carbons (Fsp3) is 0.0690. The number of allylic oxidation sites excluding steroid dienone is 2. The molecule has 0 bridgehead atoms. The molecule has 1 aliphatic heterocycles. The van der Waals surface area contributed by atoms with Gasteiger partial charge in [0.2, 0.25) is 0 Å². The molecule has 0 atom stereocenters. The van der Waals surface area contributed by atoms with E-state index in [-0.39, 0.29) is 107 Å². The maximum Gasteiger partial charge on any atom is 3.00 e. The van der Waals surface area contributed by atoms with Gasteiger partial charge in [-0.1, -0.05) is 108 Å². The molecule has 6 heterocycles. The van der Waals surface area contributed by atoms with E-state index in [4.69, 9.17) is 12.0 Å². The average Bonchev–Trinajstić information content (AvgIpc) is 4.23. The molecular weight excluding hydrogens is 1450 g/mol. The van der Waals surface area contributed by atoms with Crippen LogP contribution < -0.4 is 10.00 Å². The summed E-state index contributed by atoms with van der Waals surface area (Å²) in [6.45, 7) is 6.59. The standard InChI is InChI=1S/C22H16N.C13H8NS.C10H9FN2.C8H6N3.C5H8O2.3Ir/c1-16-14-22(23-15-21(16)18-8-3-2-4-9-18)20-13-7-11-17-10-5-6-12-19(17)20;1-2-7-12-10(5-1)9-13(15-12)11-6-3-4-8-14-11;1-12-6-7-13(8-12)10-4-2-9(11)3-5-10;1-2-5-9-7(3-1)8-4-6-10-11-8;1-4(6)3-5(2)7;;;/h2-12,14-15H,1H3;1-8H;2-4,6-8H,1H3;1-6H;3,6H,1-2H3;;;/q2*-1;-2;-1;;;;+3/i2D,3D,4D,8D,9D;;;;;;;. The summed E-state index contributed by atoms with van der Waals surface area (Å²) in [5.41, 5.74) is 6.60. The summed E-state index contributed by atoms with van der Waals surface area (Å²) in [5, 5.41) is 19.2. The number of carbonyl (C=O) groups is 1. The van der Waals surface area contributed by atoms with Gasteiger partial charge in [0.1, 0.15) is 0 Å². The van der Waals surface area contributed by atoms with Crippen molar-refractivity contribution in [3.63, 3.8) is 0 Å². The minimum Gasteiger partial charge on any atom is -0.574 e. The zero-order valence-corrected chi connectivity index (χ0v) is 47.0. The second kappa shape index (κ2) is 29.7. The van der Waals surface area contributed by atoms with Crippen molar-refractivity contribution in [3.8, 4) is 44.3 Å². The van der Waals surface area contributed by atoms with Crippen LogP contribution >= 0.6 is 11.3 Å². The van der Waals surface area contributed by atoms with Crippen molar-refractivity contribution >= 4 is 43.7 Å². The number of fused-ring (bicyclic) bond motifs is 2. The number of anilines is 1. The van der Waals surface area contributed by atoms with Gasteiger partial charge in [-0.2, -0.15) is 12.7 Å². The number of pyridine rings is 3. The van der Waals surface area contributed by atoms with Crippen LogP contribution in [0.5, 0.6) is 0 Å². The quantitative estimate of drug-likeness (QED) is 0.0989. The molecule has 0 unspecified atom stereocenters. The molecule has 14 heteroatoms. The number of aryl methyl sites for hydroxylation is 1. The first-order chi connectivity index (χ1) is 35.7. The van der Waals surface area contributed by atoms with Crippen LogP contribution in [0.25, 0.3) is 65.2 Å². The van der Waals surface area contributed by atoms with E-state index in [1.807, 2.05) is 140 Å². The van der Waals surface area contributed by atoms with Crippen LogP contribution in [0.3, 0.4) is 0 Å². The fourth-order valence-corrected chi connectivity index (χ4v) is 7.55. The van der Waals surface area contributed by atoms with E-state index in [0.717, 1.165) is 55.2 Å². The third kappa shape index (κ3) is 17.0. The number of rotatable bonds is 6. The Balaban J connectivity index is 0.000000223. The van der Waals surface area contributed by atoms with Gasteiger partial charge in [0.15, 0.2) is 5.78 Å². The van der Waals surface area contributed by atoms with Crippen molar-refractivity contribution in [3.05, 3.63) is 243 Å². The molecule has 11 rings (SSSR count). The fourth-order valence-electron chi connectivity index (χ4n) is 6.57. The summed E-state index contributed by atoms with van der Waals surface area (Å²) < 4.78 is 53.7. The van der Waals surface area contributed by atoms with Crippen LogP contribution in [-0.4, -0.2) is 42.9 Å². The van der Waals surface area contributed by atoms with Crippen LogP contribution in [-0.2, 0) is 65.1 Å². The molecule has 0 fully saturated rings. The number of aliphatic hydroxyl groups is 1. The number of carbonyl (C=O) groups excluding carboxylic acids is 1. The van der Waals surface area contributed by atoms with Crippen molar-refractivity contribution in [2.24, 2.45) is 0 Å². The minimum atomic E-state index is -0.397. The number of ketones is 1. The van der Waals surface area contributed by atoms with Crippen LogP contribution in [0.1, 0.15) is 26.3 Å². The Labute approximate surface area is 471 Å². The summed E-state index contributed by atoms with van der Waals surface area (Å²) in [6, 6.07) is 47.8. The second-order valence-corrected chi connectivity index (χ2v) is 16.1. The Morgan fingerprint density at radius 3 is 2.12 bits per heavy atom. The maximum atomic E-state index is 12.6. The molecule has 0 spiro atoms. The predicted octanol–water partition coefficient (Wildman–Crippen LogP) is 13.5. The first kappa shape index (κ1) is 50.4. The molecule has 368 valence electrons. The van der Waals surface area contributed by atoms with Crippen molar-refractivity contribution in [1.29, 1.82) is 0 Å². The second-order valence-electron chi connectivity index (χ2n) is 15.0. The van der Waals surface area contributed by atoms with Gasteiger partial charge >= 0.3 is 20.1 Å². The van der Waals surface area contributed by atoms with E-state index < -0.39 is 6.04 Å². The topological polar surface area (TPSA) is 109 Å². The molecule has 0 aliphatic carbocycles. The Bertz CT molecular complexity index is 3490. The van der Waals surface area contributed by atoms with Gasteiger partial charge in [-0.25, -0.2) is 11.3 Å². The number of aromatic nitrogens is 5. The van der Waals surface area contributed by atoms with Crippen LogP contribution in [0, 0.1) is 37.6 Å². The van der Waals surface area contributed by atoms with Gasteiger partial charge in [-0.05, 0) is 84.8 Å². The Hall–Kier alpha value is -6.59. The van der Waals surface area contributed by atoms with E-state index in [9.17, 15) is 9.18 Å². The average molecular weight is 1510 g/mol. The van der Waals surface area contributed by atoms with E-state index in [0.29, 0.717) is 5.56 Å². The smallest absolute Gasteiger partial charge is 0.574 e. The van der Waals surface area contributed by atoms with Crippen molar-refractivity contribution in [2.45, 2.75) is 20.8 Å². The van der Waals surface area contributed by atoms with Gasteiger partial charge < -0.3 is 35.1 Å². The summed E-state index contributed by atoms with van der Waals surface area (Å²) in [5.74, 6) is -0.326. The Morgan fingerprint density at radius 1 is 0.819 bits per heavy atom. The maximum absolute atomic E-state index is 12.6. The summed E-state index contributed by atoms with van der Waals surface area (Å²) in [7, 11) is 1.93. The largest absolute Gasteiger partial charge is 3.00 e. The first-order valence-corrected chi connectivity index (χ1v) is 22.2. The number of thiophene rings is 1. The van der Waals surface area contributed by atoms with Crippen LogP contribution in [0.15, 0.2) is 207 Å². The molecule has 9 nitrogen and oxygen atoms in total. The SMILES string of the molecule is CC(=O)C=C(C)O.CN1C=CN(c2[c-]cc(F)cc2)[CH-]1.[2H]c1c([2H])c([2H])c(-c2cnc(-c3[c-]ccc4ccccc34)cc2C)c([2H])c1[2H].[Ir+3].[Ir].[Ir].[c-]1c(-c2ccccn2)sc2ccccc12.c1ccc(-c2ccn[n-]2)nc1. The summed E-state index contributed by atoms with van der Waals surface area (Å²) >= 11 is 1.73. The number of hydrogen-bond acceptors (Lipinski definition) is 9. The van der Waals surface area contributed by atoms with E-state index in [1.54, 1.807) is 36.0 Å². The van der Waals surface area contributed by atoms with Gasteiger partial charge in [0.05, 0.1) is 12.6 Å². The minimum absolute atomic E-state index is 0. The van der Waals surface area contributed by atoms with E-state index in [2.05, 4.69) is 61.5 Å². The molecule has 0 saturated carbocycles. The predicted molar refractivity (Wildman–Crippen MR) is 277 cm³/mol. The first-order valence-electron chi connectivity index (χ1n) is 23.9. The summed E-state index contributed by atoms with van der Waals surface area (Å²) in [6.07, 6.45) is 11.8. The zero-order valence-electron chi connectivity index (χ0n) is 44.0. The molecule has 72 heavy (non-hydrogen) atoms. The van der Waals surface area contributed by atoms with Crippen molar-refractivity contribution in [2.75, 3.05) is 11.9 Å². The Kier molecular flexibility index (Phi) is 20.8. The van der Waals surface area contributed by atoms with E-state index >= 15 is 0 Å². The third-order valence-corrected chi connectivity index (χ3v) is 10.8. The van der Waals surface area contributed by atoms with Gasteiger partial charge in [0, 0.05) is 93.8 Å². The molecule has 0 amide bonds. The van der Waals surface area contributed by atoms with Gasteiger partial charge in [0.25, 0.3) is 0 Å². The van der Waals surface area contributed by atoms with Crippen LogP contribution in [0.4, 0.5) is 10.1 Å². The number of nitrogens with zero attached hydrogens (tertiary/aromatic N) is 7. The molecule has 5 aromatic carbocycles. The normalized spacial score (nSPS) is 12.1.